The first kappa shape index (κ1) is 15.8. The summed E-state index contributed by atoms with van der Waals surface area (Å²) in [7, 11) is 2.20. The molecule has 0 unspecified atom stereocenters. The monoisotopic (exact) mass is 295 g/mol. The third-order valence-corrected chi connectivity index (χ3v) is 4.28. The first-order valence-electron chi connectivity index (χ1n) is 7.52. The molecule has 1 heterocycles. The van der Waals surface area contributed by atoms with Gasteiger partial charge in [0.1, 0.15) is 0 Å². The first-order chi connectivity index (χ1) is 9.65. The smallest absolute Gasteiger partial charge is 0.0408 e. The van der Waals surface area contributed by atoms with Crippen LogP contribution in [0.15, 0.2) is 18.2 Å². The van der Waals surface area contributed by atoms with E-state index in [4.69, 9.17) is 11.6 Å². The molecule has 4 heteroatoms. The lowest BCUT2D eigenvalue weighted by Crippen LogP contribution is -2.45. The van der Waals surface area contributed by atoms with Crippen molar-refractivity contribution in [1.29, 1.82) is 0 Å². The van der Waals surface area contributed by atoms with Crippen molar-refractivity contribution < 1.29 is 0 Å². The Morgan fingerprint density at radius 2 is 1.95 bits per heavy atom. The minimum absolute atomic E-state index is 0.821. The average Bonchev–Trinajstić information content (AvgIpc) is 2.42. The largest absolute Gasteiger partial charge is 0.313 e. The van der Waals surface area contributed by atoms with Crippen LogP contribution in [0.3, 0.4) is 0 Å². The van der Waals surface area contributed by atoms with Crippen LogP contribution in [0.2, 0.25) is 5.02 Å². The molecule has 0 spiro atoms. The molecule has 0 atom stereocenters. The molecule has 1 aliphatic rings. The van der Waals surface area contributed by atoms with E-state index < -0.39 is 0 Å². The van der Waals surface area contributed by atoms with Crippen LogP contribution in [-0.2, 0) is 6.54 Å². The van der Waals surface area contributed by atoms with Gasteiger partial charge in [0.05, 0.1) is 0 Å². The molecule has 0 amide bonds. The summed E-state index contributed by atoms with van der Waals surface area (Å²) >= 11 is 5.97. The van der Waals surface area contributed by atoms with Gasteiger partial charge in [0, 0.05) is 37.7 Å². The molecule has 1 aromatic carbocycles. The van der Waals surface area contributed by atoms with Gasteiger partial charge >= 0.3 is 0 Å². The molecule has 1 saturated heterocycles. The molecule has 0 saturated carbocycles. The molecule has 0 aliphatic carbocycles. The molecule has 0 bridgehead atoms. The number of rotatable bonds is 6. The number of likely N-dealkylation sites (N-methyl/N-ethyl adjacent to an activating group) is 1. The maximum absolute atomic E-state index is 5.97. The van der Waals surface area contributed by atoms with Crippen LogP contribution in [0.4, 0.5) is 0 Å². The molecule has 1 N–H and O–H groups in total. The quantitative estimate of drug-likeness (QED) is 0.813. The molecule has 1 aliphatic heterocycles. The molecule has 1 aromatic rings. The molecule has 1 fully saturated rings. The van der Waals surface area contributed by atoms with Crippen LogP contribution in [0.1, 0.15) is 17.5 Å². The Labute approximate surface area is 127 Å². The van der Waals surface area contributed by atoms with Gasteiger partial charge in [-0.15, -0.1) is 0 Å². The molecule has 3 nitrogen and oxygen atoms in total. The fourth-order valence-electron chi connectivity index (χ4n) is 2.58. The van der Waals surface area contributed by atoms with Gasteiger partial charge in [-0.05, 0) is 56.7 Å². The van der Waals surface area contributed by atoms with Crippen molar-refractivity contribution in [2.24, 2.45) is 0 Å². The predicted octanol–water partition coefficient (Wildman–Crippen LogP) is 2.38. The molecule has 0 radical (unpaired) electrons. The number of hydrogen-bond donors (Lipinski definition) is 1. The zero-order valence-electron chi connectivity index (χ0n) is 12.7. The minimum Gasteiger partial charge on any atom is -0.313 e. The molecule has 20 heavy (non-hydrogen) atoms. The third kappa shape index (κ3) is 5.06. The summed E-state index contributed by atoms with van der Waals surface area (Å²) in [6.07, 6.45) is 1.22. The number of aryl methyl sites for hydroxylation is 1. The molecular formula is C16H26ClN3. The third-order valence-electron chi connectivity index (χ3n) is 4.04. The number of piperazine rings is 1. The number of benzene rings is 1. The molecule has 2 rings (SSSR count). The summed E-state index contributed by atoms with van der Waals surface area (Å²) in [6.45, 7) is 10.2. The van der Waals surface area contributed by atoms with Gasteiger partial charge in [0.15, 0.2) is 0 Å². The van der Waals surface area contributed by atoms with Crippen molar-refractivity contribution in [2.45, 2.75) is 19.9 Å². The van der Waals surface area contributed by atoms with E-state index in [1.165, 1.54) is 50.3 Å². The van der Waals surface area contributed by atoms with Gasteiger partial charge in [-0.3, -0.25) is 0 Å². The molecular weight excluding hydrogens is 270 g/mol. The Morgan fingerprint density at radius 1 is 1.20 bits per heavy atom. The predicted molar refractivity (Wildman–Crippen MR) is 86.4 cm³/mol. The number of halogens is 1. The van der Waals surface area contributed by atoms with Crippen LogP contribution >= 0.6 is 11.6 Å². The highest BCUT2D eigenvalue weighted by atomic mass is 35.5. The van der Waals surface area contributed by atoms with E-state index in [2.05, 4.69) is 35.2 Å². The van der Waals surface area contributed by atoms with Crippen molar-refractivity contribution in [3.05, 3.63) is 34.3 Å². The topological polar surface area (TPSA) is 18.5 Å². The maximum atomic E-state index is 5.97. The van der Waals surface area contributed by atoms with E-state index >= 15 is 0 Å². The number of nitrogens with one attached hydrogen (secondary N) is 1. The Kier molecular flexibility index (Phi) is 6.30. The summed E-state index contributed by atoms with van der Waals surface area (Å²) in [6, 6.07) is 6.11. The van der Waals surface area contributed by atoms with Crippen LogP contribution in [-0.4, -0.2) is 56.1 Å². The van der Waals surface area contributed by atoms with Crippen molar-refractivity contribution >= 4 is 11.6 Å². The lowest BCUT2D eigenvalue weighted by Gasteiger charge is -2.32. The van der Waals surface area contributed by atoms with Crippen molar-refractivity contribution in [2.75, 3.05) is 46.3 Å². The Hall–Kier alpha value is -0.610. The second kappa shape index (κ2) is 7.99. The van der Waals surface area contributed by atoms with E-state index in [9.17, 15) is 0 Å². The van der Waals surface area contributed by atoms with Gasteiger partial charge in [-0.2, -0.15) is 0 Å². The Balaban J connectivity index is 1.59. The summed E-state index contributed by atoms with van der Waals surface area (Å²) in [4.78, 5) is 4.97. The van der Waals surface area contributed by atoms with Gasteiger partial charge in [0.2, 0.25) is 0 Å². The SMILES string of the molecule is Cc1cc(Cl)ccc1CNCCCN1CCN(C)CC1. The number of nitrogens with zero attached hydrogens (tertiary/aromatic N) is 2. The summed E-state index contributed by atoms with van der Waals surface area (Å²) in [5, 5.41) is 4.35. The fraction of sp³-hybridized carbons (Fsp3) is 0.625. The van der Waals surface area contributed by atoms with Crippen LogP contribution in [0, 0.1) is 6.92 Å². The second-order valence-corrected chi connectivity index (χ2v) is 6.18. The highest BCUT2D eigenvalue weighted by Crippen LogP contribution is 2.14. The van der Waals surface area contributed by atoms with Gasteiger partial charge in [0.25, 0.3) is 0 Å². The van der Waals surface area contributed by atoms with E-state index in [1.807, 2.05) is 12.1 Å². The normalized spacial score (nSPS) is 17.6. The van der Waals surface area contributed by atoms with Gasteiger partial charge in [-0.25, -0.2) is 0 Å². The summed E-state index contributed by atoms with van der Waals surface area (Å²) in [5.41, 5.74) is 2.61. The number of hydrogen-bond acceptors (Lipinski definition) is 3. The van der Waals surface area contributed by atoms with Gasteiger partial charge < -0.3 is 15.1 Å². The van der Waals surface area contributed by atoms with E-state index in [-0.39, 0.29) is 0 Å². The lowest BCUT2D eigenvalue weighted by atomic mass is 10.1. The maximum Gasteiger partial charge on any atom is 0.0408 e. The van der Waals surface area contributed by atoms with E-state index in [0.29, 0.717) is 0 Å². The van der Waals surface area contributed by atoms with E-state index in [1.54, 1.807) is 0 Å². The highest BCUT2D eigenvalue weighted by molar-refractivity contribution is 6.30. The summed E-state index contributed by atoms with van der Waals surface area (Å²) < 4.78 is 0. The minimum atomic E-state index is 0.821. The molecule has 112 valence electrons. The Bertz CT molecular complexity index is 414. The van der Waals surface area contributed by atoms with Crippen molar-refractivity contribution in [3.63, 3.8) is 0 Å². The molecule has 0 aromatic heterocycles. The highest BCUT2D eigenvalue weighted by Gasteiger charge is 2.12. The lowest BCUT2D eigenvalue weighted by molar-refractivity contribution is 0.153. The zero-order valence-corrected chi connectivity index (χ0v) is 13.4. The standard InChI is InChI=1S/C16H26ClN3/c1-14-12-16(17)5-4-15(14)13-18-6-3-7-20-10-8-19(2)9-11-20/h4-5,12,18H,3,6-11,13H2,1-2H3. The Morgan fingerprint density at radius 3 is 2.65 bits per heavy atom. The van der Waals surface area contributed by atoms with Crippen LogP contribution in [0.5, 0.6) is 0 Å². The fourth-order valence-corrected chi connectivity index (χ4v) is 2.81. The zero-order chi connectivity index (χ0) is 14.4. The van der Waals surface area contributed by atoms with Crippen molar-refractivity contribution in [1.82, 2.24) is 15.1 Å². The second-order valence-electron chi connectivity index (χ2n) is 5.75. The van der Waals surface area contributed by atoms with Crippen LogP contribution < -0.4 is 5.32 Å². The van der Waals surface area contributed by atoms with E-state index in [0.717, 1.165) is 18.1 Å². The van der Waals surface area contributed by atoms with Crippen molar-refractivity contribution in [3.8, 4) is 0 Å². The average molecular weight is 296 g/mol. The first-order valence-corrected chi connectivity index (χ1v) is 7.89. The van der Waals surface area contributed by atoms with Gasteiger partial charge in [-0.1, -0.05) is 17.7 Å². The summed E-state index contributed by atoms with van der Waals surface area (Å²) in [5.74, 6) is 0. The van der Waals surface area contributed by atoms with Crippen LogP contribution in [0.25, 0.3) is 0 Å².